The Morgan fingerprint density at radius 2 is 0.683 bits per heavy atom. The van der Waals surface area contributed by atoms with E-state index in [9.17, 15) is 0 Å². The Balaban J connectivity index is -0.0000000123. The minimum absolute atomic E-state index is 0. The van der Waals surface area contributed by atoms with E-state index in [4.69, 9.17) is 10.4 Å². The average Bonchev–Trinajstić information content (AvgIpc) is 2.62. The summed E-state index contributed by atoms with van der Waals surface area (Å²) in [5, 5.41) is 16.6. The molecule has 0 rings (SSSR count). The standard InChI is InChI=1S/C4H10NO.2C4H9N.C3H8NO.2C3H9N.C2H6O.8CH4.Y/c1-4(2)5(3)6;2*1-4(2)5-3;1-3-4(2)5;2*1-4(2)3;1-3-2;;;;;;;;;/h6H,1-3H3;2*1-3H3;3,5H,1-2H3;2*1-3H3;1-2H3;8*1H4;/q+1;;;+1;;;;;;;;;;;;/b;;;4-3-;;;;;;;;;;;;. The number of ether oxygens (including phenoxy) is 1. The number of hydrogen-bond acceptors (Lipinski definition) is 7. The summed E-state index contributed by atoms with van der Waals surface area (Å²) >= 11 is 0. The van der Waals surface area contributed by atoms with Crippen molar-refractivity contribution in [1.29, 1.82) is 0 Å². The maximum Gasteiger partial charge on any atom is 0.197 e. The van der Waals surface area contributed by atoms with Gasteiger partial charge in [0.05, 0.1) is 0 Å². The van der Waals surface area contributed by atoms with Crippen molar-refractivity contribution in [2.24, 2.45) is 9.98 Å². The van der Waals surface area contributed by atoms with Gasteiger partial charge in [0.2, 0.25) is 0 Å². The Morgan fingerprint density at radius 3 is 0.683 bits per heavy atom. The maximum atomic E-state index is 8.43. The predicted octanol–water partition coefficient (Wildman–Crippen LogP) is 8.51. The van der Waals surface area contributed by atoms with Gasteiger partial charge in [-0.25, -0.2) is 0 Å². The van der Waals surface area contributed by atoms with Gasteiger partial charge < -0.3 is 14.5 Å². The fourth-order valence-corrected chi connectivity index (χ4v) is 0. The van der Waals surface area contributed by atoms with Crippen LogP contribution in [0.2, 0.25) is 0 Å². The van der Waals surface area contributed by atoms with Crippen LogP contribution in [0.4, 0.5) is 0 Å². The number of methoxy groups -OCH3 is 1. The molecule has 0 aromatic heterocycles. The molecule has 0 heterocycles. The van der Waals surface area contributed by atoms with E-state index in [0.717, 1.165) is 26.6 Å². The summed E-state index contributed by atoms with van der Waals surface area (Å²) in [4.78, 5) is 11.6. The SMILES string of the molecule is C.C.C.C.C.C.C.C.C/C=[N+](/C)O.CC(C)=[N+](C)O.CN(C)C.CN(C)C.CN=C(C)C.CN=C(C)C.COC.[Y]. The van der Waals surface area contributed by atoms with Gasteiger partial charge >= 0.3 is 0 Å². The van der Waals surface area contributed by atoms with Crippen LogP contribution in [0, 0.1) is 0 Å². The van der Waals surface area contributed by atoms with E-state index >= 15 is 0 Å². The zero-order valence-electron chi connectivity index (χ0n) is 25.6. The van der Waals surface area contributed by atoms with Crippen LogP contribution in [0.25, 0.3) is 0 Å². The molecule has 0 aliphatic rings. The molecule has 0 bridgehead atoms. The van der Waals surface area contributed by atoms with Crippen LogP contribution in [0.1, 0.15) is 108 Å². The van der Waals surface area contributed by atoms with Gasteiger partial charge in [-0.1, -0.05) is 59.4 Å². The van der Waals surface area contributed by atoms with Crippen molar-refractivity contribution in [3.05, 3.63) is 0 Å². The zero-order valence-corrected chi connectivity index (χ0v) is 28.5. The van der Waals surface area contributed by atoms with Crippen molar-refractivity contribution >= 4 is 23.3 Å². The number of rotatable bonds is 0. The van der Waals surface area contributed by atoms with Crippen LogP contribution in [0.3, 0.4) is 0 Å². The van der Waals surface area contributed by atoms with Crippen LogP contribution in [-0.2, 0) is 37.4 Å². The maximum absolute atomic E-state index is 8.43. The summed E-state index contributed by atoms with van der Waals surface area (Å²) in [7, 11) is 22.0. The molecule has 0 atom stereocenters. The van der Waals surface area contributed by atoms with E-state index in [0.29, 0.717) is 0 Å². The van der Waals surface area contributed by atoms with Gasteiger partial charge in [-0.2, -0.15) is 0 Å². The molecule has 0 amide bonds. The van der Waals surface area contributed by atoms with Crippen molar-refractivity contribution < 1.29 is 57.3 Å². The van der Waals surface area contributed by atoms with Gasteiger partial charge in [0, 0.05) is 93.2 Å². The third kappa shape index (κ3) is 635. The van der Waals surface area contributed by atoms with Crippen LogP contribution in [0.5, 0.6) is 0 Å². The molecule has 0 aliphatic heterocycles. The molecule has 0 unspecified atom stereocenters. The first-order chi connectivity index (χ1) is 14.3. The molecule has 0 saturated heterocycles. The molecular formula is C31H92N6O3Y+2. The number of hydrogen-bond donors (Lipinski definition) is 2. The van der Waals surface area contributed by atoms with Gasteiger partial charge in [0.1, 0.15) is 0 Å². The average molecular weight is 686 g/mol. The van der Waals surface area contributed by atoms with E-state index in [1.807, 2.05) is 93.6 Å². The molecule has 9 nitrogen and oxygen atoms in total. The molecule has 2 N–H and O–H groups in total. The Labute approximate surface area is 291 Å². The fraction of sp³-hybridized carbons (Fsp3) is 0.871. The molecule has 0 aromatic rings. The van der Waals surface area contributed by atoms with Crippen molar-refractivity contribution in [2.45, 2.75) is 108 Å². The summed E-state index contributed by atoms with van der Waals surface area (Å²) in [6.07, 6.45) is 1.56. The second-order valence-electron chi connectivity index (χ2n) is 7.74. The minimum Gasteiger partial charge on any atom is -0.388 e. The second-order valence-corrected chi connectivity index (χ2v) is 7.74. The molecule has 41 heavy (non-hydrogen) atoms. The van der Waals surface area contributed by atoms with Crippen LogP contribution < -0.4 is 0 Å². The number of hydroxylamine groups is 2. The summed E-state index contributed by atoms with van der Waals surface area (Å²) in [6, 6.07) is 0. The van der Waals surface area contributed by atoms with Crippen molar-refractivity contribution in [3.63, 3.8) is 0 Å². The first kappa shape index (κ1) is 105. The Hall–Kier alpha value is -0.736. The van der Waals surface area contributed by atoms with Gasteiger partial charge in [-0.15, -0.1) is 0 Å². The zero-order chi connectivity index (χ0) is 27.9. The summed E-state index contributed by atoms with van der Waals surface area (Å²) in [5.74, 6) is 0. The van der Waals surface area contributed by atoms with Crippen molar-refractivity contribution in [3.8, 4) is 0 Å². The molecule has 1 radical (unpaired) electrons. The number of nitrogens with zero attached hydrogens (tertiary/aromatic N) is 6. The molecule has 0 aliphatic carbocycles. The summed E-state index contributed by atoms with van der Waals surface area (Å²) in [5.41, 5.74) is 3.16. The topological polar surface area (TPSA) is 86.9 Å². The molecule has 10 heteroatoms. The third-order valence-electron chi connectivity index (χ3n) is 1.92. The quantitative estimate of drug-likeness (QED) is 0.116. The van der Waals surface area contributed by atoms with E-state index in [1.54, 1.807) is 55.5 Å². The van der Waals surface area contributed by atoms with E-state index in [2.05, 4.69) is 14.7 Å². The molecule has 0 saturated carbocycles. The Kier molecular flexibility index (Phi) is 251. The smallest absolute Gasteiger partial charge is 0.197 e. The monoisotopic (exact) mass is 686 g/mol. The van der Waals surface area contributed by atoms with Gasteiger partial charge in [0.15, 0.2) is 26.0 Å². The van der Waals surface area contributed by atoms with E-state index < -0.39 is 0 Å². The summed E-state index contributed by atoms with van der Waals surface area (Å²) < 4.78 is 6.33. The van der Waals surface area contributed by atoms with Gasteiger partial charge in [0.25, 0.3) is 0 Å². The van der Waals surface area contributed by atoms with Crippen molar-refractivity contribution in [1.82, 2.24) is 9.80 Å². The molecular weight excluding hydrogens is 593 g/mol. The van der Waals surface area contributed by atoms with Crippen LogP contribution in [0.15, 0.2) is 9.98 Å². The molecule has 265 valence electrons. The number of aliphatic imine (C=N–C) groups is 2. The van der Waals surface area contributed by atoms with Crippen LogP contribution in [-0.4, -0.2) is 138 Å². The minimum atomic E-state index is 0. The van der Waals surface area contributed by atoms with Crippen molar-refractivity contribution in [2.75, 3.05) is 84.7 Å². The normalized spacial score (nSPS) is 6.51. The first-order valence-electron chi connectivity index (χ1n) is 10.2. The summed E-state index contributed by atoms with van der Waals surface area (Å²) in [6.45, 7) is 13.3. The van der Waals surface area contributed by atoms with Crippen LogP contribution >= 0.6 is 0 Å². The van der Waals surface area contributed by atoms with Gasteiger partial charge in [-0.3, -0.25) is 20.4 Å². The molecule has 0 fully saturated rings. The molecule has 0 aromatic carbocycles. The van der Waals surface area contributed by atoms with E-state index in [-0.39, 0.29) is 92.1 Å². The predicted molar refractivity (Wildman–Crippen MR) is 199 cm³/mol. The second kappa shape index (κ2) is 97.6. The van der Waals surface area contributed by atoms with Gasteiger partial charge in [-0.05, 0) is 79.5 Å². The first-order valence-corrected chi connectivity index (χ1v) is 10.2. The Morgan fingerprint density at radius 1 is 0.610 bits per heavy atom. The molecule has 0 spiro atoms. The Bertz CT molecular complexity index is 389. The van der Waals surface area contributed by atoms with E-state index in [1.165, 1.54) is 0 Å². The third-order valence-corrected chi connectivity index (χ3v) is 1.92. The largest absolute Gasteiger partial charge is 0.388 e. The fourth-order valence-electron chi connectivity index (χ4n) is 0.